The van der Waals surface area contributed by atoms with Crippen molar-refractivity contribution in [3.8, 4) is 17.1 Å². The quantitative estimate of drug-likeness (QED) is 0.554. The molecule has 28 heavy (non-hydrogen) atoms. The van der Waals surface area contributed by atoms with Crippen molar-refractivity contribution in [3.05, 3.63) is 68.6 Å². The number of alkyl halides is 3. The van der Waals surface area contributed by atoms with Gasteiger partial charge in [0, 0.05) is 24.7 Å². The van der Waals surface area contributed by atoms with Crippen molar-refractivity contribution in [2.24, 2.45) is 7.05 Å². The molecule has 1 N–H and O–H groups in total. The van der Waals surface area contributed by atoms with E-state index in [0.29, 0.717) is 21.7 Å². The van der Waals surface area contributed by atoms with Gasteiger partial charge in [0.1, 0.15) is 11.4 Å². The van der Waals surface area contributed by atoms with Crippen LogP contribution in [0.2, 0.25) is 0 Å². The zero-order chi connectivity index (χ0) is 20.2. The Labute approximate surface area is 159 Å². The van der Waals surface area contributed by atoms with E-state index in [-0.39, 0.29) is 5.69 Å². The van der Waals surface area contributed by atoms with E-state index in [1.54, 1.807) is 18.3 Å². The highest BCUT2D eigenvalue weighted by atomic mass is 32.1. The lowest BCUT2D eigenvalue weighted by Crippen LogP contribution is -2.40. The molecule has 0 amide bonds. The Kier molecular flexibility index (Phi) is 4.03. The van der Waals surface area contributed by atoms with E-state index < -0.39 is 23.1 Å². The molecule has 0 unspecified atom stereocenters. The number of hydrogen-bond acceptors (Lipinski definition) is 4. The number of benzene rings is 1. The van der Waals surface area contributed by atoms with Gasteiger partial charge >= 0.3 is 11.9 Å². The van der Waals surface area contributed by atoms with E-state index in [4.69, 9.17) is 0 Å². The number of rotatable bonds is 2. The molecule has 3 heterocycles. The van der Waals surface area contributed by atoms with Gasteiger partial charge < -0.3 is 4.98 Å². The van der Waals surface area contributed by atoms with Crippen LogP contribution in [0.1, 0.15) is 11.3 Å². The van der Waals surface area contributed by atoms with Crippen molar-refractivity contribution in [2.45, 2.75) is 13.1 Å². The smallest absolute Gasteiger partial charge is 0.360 e. The Hall–Kier alpha value is -3.14. The Morgan fingerprint density at radius 2 is 1.89 bits per heavy atom. The number of aryl methyl sites for hydroxylation is 1. The molecule has 0 bridgehead atoms. The van der Waals surface area contributed by atoms with E-state index in [9.17, 15) is 22.8 Å². The Balaban J connectivity index is 1.96. The van der Waals surface area contributed by atoms with Crippen LogP contribution in [0.15, 0.2) is 46.1 Å². The van der Waals surface area contributed by atoms with Crippen molar-refractivity contribution < 1.29 is 13.2 Å². The first-order valence-corrected chi connectivity index (χ1v) is 8.90. The second-order valence-electron chi connectivity index (χ2n) is 6.29. The predicted molar refractivity (Wildman–Crippen MR) is 100.0 cm³/mol. The summed E-state index contributed by atoms with van der Waals surface area (Å²) in [5.74, 6) is 0. The fourth-order valence-corrected chi connectivity index (χ4v) is 3.85. The van der Waals surface area contributed by atoms with Crippen LogP contribution in [0.5, 0.6) is 0 Å². The van der Waals surface area contributed by atoms with Gasteiger partial charge in [0.15, 0.2) is 0 Å². The number of H-pyrrole nitrogens is 1. The molecule has 10 heteroatoms. The monoisotopic (exact) mass is 406 g/mol. The molecule has 0 aliphatic carbocycles. The third-order valence-electron chi connectivity index (χ3n) is 4.51. The summed E-state index contributed by atoms with van der Waals surface area (Å²) >= 11 is 1.25. The molecule has 4 aromatic rings. The van der Waals surface area contributed by atoms with Crippen molar-refractivity contribution in [1.82, 2.24) is 18.5 Å². The summed E-state index contributed by atoms with van der Waals surface area (Å²) in [6, 6.07) is 7.11. The molecule has 0 spiro atoms. The summed E-state index contributed by atoms with van der Waals surface area (Å²) in [6.45, 7) is 1.91. The van der Waals surface area contributed by atoms with E-state index in [1.807, 2.05) is 13.0 Å². The van der Waals surface area contributed by atoms with Crippen LogP contribution >= 0.6 is 11.5 Å². The van der Waals surface area contributed by atoms with E-state index in [1.165, 1.54) is 17.6 Å². The topological polar surface area (TPSA) is 72.7 Å². The first kappa shape index (κ1) is 18.2. The maximum atomic E-state index is 13.0. The number of halogens is 3. The van der Waals surface area contributed by atoms with E-state index in [2.05, 4.69) is 9.36 Å². The second kappa shape index (κ2) is 6.20. The lowest BCUT2D eigenvalue weighted by atomic mass is 10.1. The minimum atomic E-state index is -4.80. The zero-order valence-electron chi connectivity index (χ0n) is 14.7. The van der Waals surface area contributed by atoms with Crippen molar-refractivity contribution >= 4 is 21.6 Å². The van der Waals surface area contributed by atoms with Gasteiger partial charge in [-0.3, -0.25) is 9.36 Å². The summed E-state index contributed by atoms with van der Waals surface area (Å²) in [7, 11) is 0.986. The molecule has 0 fully saturated rings. The Morgan fingerprint density at radius 1 is 1.14 bits per heavy atom. The number of nitrogens with one attached hydrogen (secondary N) is 1. The zero-order valence-corrected chi connectivity index (χ0v) is 15.5. The molecule has 1 aromatic carbocycles. The second-order valence-corrected chi connectivity index (χ2v) is 7.09. The molecular formula is C18H13F3N4O2S. The predicted octanol–water partition coefficient (Wildman–Crippen LogP) is 3.47. The van der Waals surface area contributed by atoms with E-state index in [0.717, 1.165) is 27.6 Å². The number of hydrogen-bond donors (Lipinski definition) is 1. The largest absolute Gasteiger partial charge is 0.431 e. The third-order valence-corrected chi connectivity index (χ3v) is 5.34. The standard InChI is InChI=1S/C18H13F3N4O2S/c1-9-5-6-22-15(9)16-11-7-10(3-4-12(11)28-23-16)25-14(26)8-13(18(19,20)21)24(2)17(25)27/h3-8,22H,1-2H3. The Morgan fingerprint density at radius 3 is 2.54 bits per heavy atom. The summed E-state index contributed by atoms with van der Waals surface area (Å²) in [6.07, 6.45) is -3.03. The van der Waals surface area contributed by atoms with Crippen LogP contribution in [0.3, 0.4) is 0 Å². The van der Waals surface area contributed by atoms with Gasteiger partial charge in [-0.05, 0) is 48.3 Å². The highest BCUT2D eigenvalue weighted by Gasteiger charge is 2.35. The van der Waals surface area contributed by atoms with Crippen LogP contribution in [0.4, 0.5) is 13.2 Å². The highest BCUT2D eigenvalue weighted by molar-refractivity contribution is 7.13. The summed E-state index contributed by atoms with van der Waals surface area (Å²) in [5, 5.41) is 0.696. The van der Waals surface area contributed by atoms with Gasteiger partial charge in [-0.25, -0.2) is 9.36 Å². The molecule has 6 nitrogen and oxygen atoms in total. The first-order valence-electron chi connectivity index (χ1n) is 8.13. The lowest BCUT2D eigenvalue weighted by molar-refractivity contribution is -0.144. The van der Waals surface area contributed by atoms with Crippen molar-refractivity contribution in [3.63, 3.8) is 0 Å². The average molecular weight is 406 g/mol. The average Bonchev–Trinajstić information content (AvgIpc) is 3.22. The first-order chi connectivity index (χ1) is 13.2. The maximum absolute atomic E-state index is 13.0. The minimum absolute atomic E-state index is 0.178. The summed E-state index contributed by atoms with van der Waals surface area (Å²) in [4.78, 5) is 27.9. The molecule has 3 aromatic heterocycles. The fourth-order valence-electron chi connectivity index (χ4n) is 3.08. The molecule has 0 saturated heterocycles. The Bertz CT molecular complexity index is 1330. The highest BCUT2D eigenvalue weighted by Crippen LogP contribution is 2.33. The van der Waals surface area contributed by atoms with Crippen LogP contribution in [-0.4, -0.2) is 18.5 Å². The molecule has 0 aliphatic heterocycles. The number of aromatic amines is 1. The molecule has 0 aliphatic rings. The third kappa shape index (κ3) is 2.76. The fraction of sp³-hybridized carbons (Fsp3) is 0.167. The van der Waals surface area contributed by atoms with Gasteiger partial charge in [0.25, 0.3) is 5.56 Å². The number of aromatic nitrogens is 4. The molecule has 0 atom stereocenters. The minimum Gasteiger partial charge on any atom is -0.360 e. The summed E-state index contributed by atoms with van der Waals surface area (Å²) in [5.41, 5.74) is -0.801. The normalized spacial score (nSPS) is 12.0. The molecular weight excluding hydrogens is 393 g/mol. The van der Waals surface area contributed by atoms with E-state index >= 15 is 0 Å². The maximum Gasteiger partial charge on any atom is 0.431 e. The van der Waals surface area contributed by atoms with Crippen molar-refractivity contribution in [1.29, 1.82) is 0 Å². The molecule has 0 saturated carbocycles. The van der Waals surface area contributed by atoms with Gasteiger partial charge in [0.2, 0.25) is 0 Å². The lowest BCUT2D eigenvalue weighted by Gasteiger charge is -2.14. The van der Waals surface area contributed by atoms with Crippen molar-refractivity contribution in [2.75, 3.05) is 0 Å². The molecule has 144 valence electrons. The number of fused-ring (bicyclic) bond motifs is 1. The van der Waals surface area contributed by atoms with Crippen LogP contribution in [0.25, 0.3) is 27.2 Å². The van der Waals surface area contributed by atoms with Gasteiger partial charge in [-0.1, -0.05) is 0 Å². The van der Waals surface area contributed by atoms with Gasteiger partial charge in [0.05, 0.1) is 16.1 Å². The number of nitrogens with zero attached hydrogens (tertiary/aromatic N) is 3. The molecule has 0 radical (unpaired) electrons. The van der Waals surface area contributed by atoms with Crippen LogP contribution in [0, 0.1) is 6.92 Å². The summed E-state index contributed by atoms with van der Waals surface area (Å²) < 4.78 is 45.5. The SMILES string of the molecule is Cc1cc[nH]c1-c1nsc2ccc(-n3c(=O)cc(C(F)(F)F)n(C)c3=O)cc12. The van der Waals surface area contributed by atoms with Crippen LogP contribution in [-0.2, 0) is 13.2 Å². The molecule has 4 rings (SSSR count). The van der Waals surface area contributed by atoms with Gasteiger partial charge in [-0.2, -0.15) is 17.5 Å². The van der Waals surface area contributed by atoms with Crippen LogP contribution < -0.4 is 11.2 Å². The van der Waals surface area contributed by atoms with Gasteiger partial charge in [-0.15, -0.1) is 0 Å².